The molecule has 0 radical (unpaired) electrons. The lowest BCUT2D eigenvalue weighted by molar-refractivity contribution is -0.142. The topological polar surface area (TPSA) is 158 Å². The van der Waals surface area contributed by atoms with Gasteiger partial charge in [-0.15, -0.1) is 0 Å². The van der Waals surface area contributed by atoms with Crippen LogP contribution in [0.25, 0.3) is 22.0 Å². The molecule has 12 nitrogen and oxygen atoms in total. The first kappa shape index (κ1) is 48.1. The number of hydrogen-bond donors (Lipinski definition) is 2. The Morgan fingerprint density at radius 3 is 2.24 bits per heavy atom. The van der Waals surface area contributed by atoms with Crippen LogP contribution < -0.4 is 10.0 Å². The summed E-state index contributed by atoms with van der Waals surface area (Å²) in [4.78, 5) is 19.0. The molecule has 8 rings (SSSR count). The Kier molecular flexibility index (Phi) is 11.6. The van der Waals surface area contributed by atoms with Crippen LogP contribution in [-0.2, 0) is 69.1 Å². The van der Waals surface area contributed by atoms with Gasteiger partial charge in [-0.1, -0.05) is 23.6 Å². The maximum atomic E-state index is 15.6. The van der Waals surface area contributed by atoms with Crippen LogP contribution in [0.5, 0.6) is 0 Å². The van der Waals surface area contributed by atoms with Gasteiger partial charge in [0, 0.05) is 34.9 Å². The third-order valence-electron chi connectivity index (χ3n) is 11.9. The van der Waals surface area contributed by atoms with Gasteiger partial charge in [-0.3, -0.25) is 18.9 Å². The molecule has 3 heterocycles. The number of pyridine rings is 1. The number of amides is 1. The van der Waals surface area contributed by atoms with Crippen molar-refractivity contribution in [1.29, 1.82) is 0 Å². The molecule has 2 N–H and O–H groups in total. The van der Waals surface area contributed by atoms with Gasteiger partial charge in [0.15, 0.2) is 21.3 Å². The molecule has 0 saturated heterocycles. The van der Waals surface area contributed by atoms with Crippen LogP contribution in [0.15, 0.2) is 30.3 Å². The highest BCUT2D eigenvalue weighted by Crippen LogP contribution is 2.68. The molecule has 0 bridgehead atoms. The molecule has 5 aromatic rings. The maximum Gasteiger partial charge on any atom is 0.435 e. The lowest BCUT2D eigenvalue weighted by atomic mass is 9.88. The number of anilines is 1. The van der Waals surface area contributed by atoms with Crippen LogP contribution in [0.3, 0.4) is 0 Å². The number of carbonyl (C=O) groups is 1. The van der Waals surface area contributed by atoms with Crippen LogP contribution in [0, 0.1) is 29.4 Å². The Labute approximate surface area is 380 Å². The minimum absolute atomic E-state index is 0.0375. The van der Waals surface area contributed by atoms with Crippen molar-refractivity contribution in [3.63, 3.8) is 0 Å². The molecule has 0 spiro atoms. The number of nitrogens with one attached hydrogen (secondary N) is 2. The van der Waals surface area contributed by atoms with Crippen LogP contribution in [0.2, 0.25) is 5.02 Å². The highest BCUT2D eigenvalue weighted by molar-refractivity contribution is 7.92. The van der Waals surface area contributed by atoms with E-state index in [0.717, 1.165) is 18.4 Å². The average Bonchev–Trinajstić information content (AvgIpc) is 3.38. The van der Waals surface area contributed by atoms with Crippen molar-refractivity contribution in [1.82, 2.24) is 29.9 Å². The third-order valence-corrected chi connectivity index (χ3v) is 14.8. The predicted molar refractivity (Wildman–Crippen MR) is 223 cm³/mol. The fourth-order valence-electron chi connectivity index (χ4n) is 8.80. The lowest BCUT2D eigenvalue weighted by Gasteiger charge is -2.25. The second-order valence-corrected chi connectivity index (χ2v) is 22.0. The van der Waals surface area contributed by atoms with E-state index in [-0.39, 0.29) is 62.4 Å². The number of benzene rings is 2. The van der Waals surface area contributed by atoms with E-state index < -0.39 is 126 Å². The number of hydrogen-bond acceptors (Lipinski definition) is 8. The summed E-state index contributed by atoms with van der Waals surface area (Å²) in [7, 11) is -8.08. The Hall–Kier alpha value is -5.41. The van der Waals surface area contributed by atoms with E-state index >= 15 is 8.78 Å². The summed E-state index contributed by atoms with van der Waals surface area (Å²) in [6.45, 7) is -0.435. The van der Waals surface area contributed by atoms with E-state index in [1.165, 1.54) is 26.0 Å². The van der Waals surface area contributed by atoms with E-state index in [0.29, 0.717) is 34.6 Å². The SMILES string of the molecule is CC(C)(C#Cc1nc(C(Cc2cc(F)cc(F)c2)NC(=O)Cn2nc(C(F)(F)F)c3c2C(F)(F)[C@@H]2C[C@H]32)c(-c2ccc(Cl)c3c(NS(C)(=O)=O)nn(CC(F)(F)F)c23)c2c1CCC2)S(C)(=O)=O. The maximum absolute atomic E-state index is 15.6. The molecular weight excluding hydrogens is 972 g/mol. The molecule has 1 saturated carbocycles. The lowest BCUT2D eigenvalue weighted by Crippen LogP contribution is -2.35. The number of aromatic nitrogens is 5. The Balaban J connectivity index is 1.39. The van der Waals surface area contributed by atoms with Gasteiger partial charge in [0.05, 0.1) is 33.9 Å². The Bertz CT molecular complexity index is 3190. The molecule has 2 aromatic carbocycles. The molecule has 0 aliphatic heterocycles. The van der Waals surface area contributed by atoms with Crippen molar-refractivity contribution >= 4 is 54.1 Å². The largest absolute Gasteiger partial charge is 0.435 e. The molecule has 3 aliphatic carbocycles. The first-order valence-corrected chi connectivity index (χ1v) is 24.3. The van der Waals surface area contributed by atoms with E-state index in [9.17, 15) is 56.8 Å². The fourth-order valence-corrected chi connectivity index (χ4v) is 9.77. The van der Waals surface area contributed by atoms with Gasteiger partial charge < -0.3 is 5.32 Å². The Morgan fingerprint density at radius 2 is 1.63 bits per heavy atom. The van der Waals surface area contributed by atoms with Crippen LogP contribution in [-0.4, -0.2) is 70.7 Å². The summed E-state index contributed by atoms with van der Waals surface area (Å²) in [6.07, 6.45) is -8.68. The molecule has 25 heteroatoms. The number of carbonyl (C=O) groups excluding carboxylic acids is 1. The van der Waals surface area contributed by atoms with Gasteiger partial charge in [-0.05, 0) is 92.7 Å². The summed E-state index contributed by atoms with van der Waals surface area (Å²) >= 11 is 6.57. The quantitative estimate of drug-likeness (QED) is 0.0992. The second kappa shape index (κ2) is 16.1. The monoisotopic (exact) mass is 1010 g/mol. The average molecular weight is 1010 g/mol. The molecule has 67 heavy (non-hydrogen) atoms. The first-order chi connectivity index (χ1) is 30.8. The zero-order chi connectivity index (χ0) is 49.1. The summed E-state index contributed by atoms with van der Waals surface area (Å²) in [5, 5.41) is 9.30. The molecular formula is C42H36ClF10N7O5S2. The van der Waals surface area contributed by atoms with Gasteiger partial charge in [-0.25, -0.2) is 30.6 Å². The van der Waals surface area contributed by atoms with Gasteiger partial charge in [0.25, 0.3) is 5.92 Å². The number of sulfone groups is 1. The number of rotatable bonds is 11. The fraction of sp³-hybridized carbons (Fsp3) is 0.429. The van der Waals surface area contributed by atoms with Crippen molar-refractivity contribution in [2.75, 3.05) is 17.2 Å². The molecule has 3 aromatic heterocycles. The van der Waals surface area contributed by atoms with Crippen molar-refractivity contribution in [2.24, 2.45) is 5.92 Å². The van der Waals surface area contributed by atoms with E-state index in [1.807, 2.05) is 0 Å². The van der Waals surface area contributed by atoms with Crippen LogP contribution in [0.1, 0.15) is 83.7 Å². The second-order valence-electron chi connectivity index (χ2n) is 17.3. The van der Waals surface area contributed by atoms with E-state index in [2.05, 4.69) is 32.1 Å². The number of fused-ring (bicyclic) bond motifs is 5. The number of halogens is 11. The van der Waals surface area contributed by atoms with Gasteiger partial charge in [-0.2, -0.15) is 45.3 Å². The molecule has 1 fully saturated rings. The first-order valence-electron chi connectivity index (χ1n) is 20.2. The van der Waals surface area contributed by atoms with Gasteiger partial charge in [0.2, 0.25) is 15.9 Å². The highest BCUT2D eigenvalue weighted by Gasteiger charge is 2.68. The Morgan fingerprint density at radius 1 is 0.970 bits per heavy atom. The van der Waals surface area contributed by atoms with Crippen LogP contribution >= 0.6 is 11.6 Å². The summed E-state index contributed by atoms with van der Waals surface area (Å²) in [5.41, 5.74) is -3.87. The minimum atomic E-state index is -5.19. The summed E-state index contributed by atoms with van der Waals surface area (Å²) in [5.74, 6) is -5.01. The minimum Gasteiger partial charge on any atom is -0.346 e. The number of alkyl halides is 8. The zero-order valence-electron chi connectivity index (χ0n) is 35.3. The molecule has 3 aliphatic rings. The standard InChI is InChI=1S/C42H36ClF10N7O5S2/c1-39(2,66(3,62)63)11-10-28-22-6-5-7-23(22)31(24-8-9-27(43)33-35(24)60(18-40(46,47)48)57-38(33)58-67(4,64)65)34(55-28)29(14-19-12-20(44)15-21(45)13-19)54-30(61)17-59-37-32(36(56-59)42(51,52)53)25-16-26(25)41(37,49)50/h8-9,12-13,15,25-26,29H,5-7,14,16-18H2,1-4H3,(H,54,61)(H,57,58)/t25-,26+,29?/m0/s1. The molecule has 1 unspecified atom stereocenters. The zero-order valence-corrected chi connectivity index (χ0v) is 37.7. The van der Waals surface area contributed by atoms with Crippen molar-refractivity contribution in [2.45, 2.75) is 94.0 Å². The van der Waals surface area contributed by atoms with E-state index in [1.54, 1.807) is 0 Å². The smallest absolute Gasteiger partial charge is 0.346 e. The molecule has 1 amide bonds. The van der Waals surface area contributed by atoms with Gasteiger partial charge in [0.1, 0.15) is 40.9 Å². The normalized spacial score (nSPS) is 18.3. The number of nitrogens with zero attached hydrogens (tertiary/aromatic N) is 5. The highest BCUT2D eigenvalue weighted by atomic mass is 35.5. The third kappa shape index (κ3) is 9.17. The van der Waals surface area contributed by atoms with Gasteiger partial charge >= 0.3 is 12.4 Å². The van der Waals surface area contributed by atoms with Crippen molar-refractivity contribution in [3.05, 3.63) is 92.0 Å². The van der Waals surface area contributed by atoms with E-state index in [4.69, 9.17) is 16.6 Å². The molecule has 358 valence electrons. The van der Waals surface area contributed by atoms with Crippen molar-refractivity contribution < 1.29 is 65.5 Å². The van der Waals surface area contributed by atoms with Crippen molar-refractivity contribution in [3.8, 4) is 23.0 Å². The molecule has 3 atom stereocenters. The summed E-state index contributed by atoms with van der Waals surface area (Å²) in [6, 6.07) is 3.07. The summed E-state index contributed by atoms with van der Waals surface area (Å²) < 4.78 is 198. The number of sulfonamides is 1. The predicted octanol–water partition coefficient (Wildman–Crippen LogP) is 8.15. The van der Waals surface area contributed by atoms with Crippen LogP contribution in [0.4, 0.5) is 49.7 Å².